The normalized spacial score (nSPS) is 18.1. The Morgan fingerprint density at radius 2 is 1.90 bits per heavy atom. The molecule has 0 aliphatic heterocycles. The van der Waals surface area contributed by atoms with Crippen molar-refractivity contribution in [1.29, 1.82) is 0 Å². The second kappa shape index (κ2) is 7.81. The molecule has 0 saturated heterocycles. The maximum atomic E-state index is 12.9. The third-order valence-electron chi connectivity index (χ3n) is 4.71. The maximum Gasteiger partial charge on any atom is 0.416 e. The van der Waals surface area contributed by atoms with Gasteiger partial charge in [-0.3, -0.25) is 4.79 Å². The van der Waals surface area contributed by atoms with Gasteiger partial charge in [-0.2, -0.15) is 18.2 Å². The van der Waals surface area contributed by atoms with Crippen LogP contribution in [-0.4, -0.2) is 16.1 Å². The summed E-state index contributed by atoms with van der Waals surface area (Å²) in [6.07, 6.45) is -3.95. The van der Waals surface area contributed by atoms with Crippen molar-refractivity contribution in [1.82, 2.24) is 10.1 Å². The summed E-state index contributed by atoms with van der Waals surface area (Å²) in [7, 11) is 0. The van der Waals surface area contributed by atoms with Crippen LogP contribution in [0, 0.1) is 12.8 Å². The second-order valence-corrected chi connectivity index (χ2v) is 6.99. The molecule has 0 amide bonds. The Morgan fingerprint density at radius 3 is 2.57 bits per heavy atom. The van der Waals surface area contributed by atoms with Crippen LogP contribution in [0.15, 0.2) is 53.1 Å². The number of esters is 1. The number of carbonyl (C=O) groups is 1. The van der Waals surface area contributed by atoms with Crippen molar-refractivity contribution in [2.45, 2.75) is 32.0 Å². The summed E-state index contributed by atoms with van der Waals surface area (Å²) in [6, 6.07) is 11.5. The van der Waals surface area contributed by atoms with Crippen LogP contribution in [0.3, 0.4) is 0 Å². The number of hydrogen-bond acceptors (Lipinski definition) is 6. The first kappa shape index (κ1) is 19.9. The average Bonchev–Trinajstić information content (AvgIpc) is 3.42. The van der Waals surface area contributed by atoms with Gasteiger partial charge in [-0.25, -0.2) is 0 Å². The van der Waals surface area contributed by atoms with E-state index in [9.17, 15) is 18.0 Å². The first-order valence-corrected chi connectivity index (χ1v) is 9.20. The molecule has 0 bridgehead atoms. The number of carbonyl (C=O) groups excluding carboxylic acids is 1. The molecule has 9 heteroatoms. The van der Waals surface area contributed by atoms with Gasteiger partial charge in [0.2, 0.25) is 0 Å². The Morgan fingerprint density at radius 1 is 1.17 bits per heavy atom. The molecule has 0 spiro atoms. The van der Waals surface area contributed by atoms with Crippen LogP contribution in [0.25, 0.3) is 0 Å². The van der Waals surface area contributed by atoms with Crippen LogP contribution in [0.2, 0.25) is 0 Å². The number of halogens is 3. The smallest absolute Gasteiger partial charge is 0.416 e. The van der Waals surface area contributed by atoms with Crippen molar-refractivity contribution in [3.63, 3.8) is 0 Å². The summed E-state index contributed by atoms with van der Waals surface area (Å²) in [5.74, 6) is 0.532. The van der Waals surface area contributed by atoms with Gasteiger partial charge in [-0.15, -0.1) is 0 Å². The predicted octanol–water partition coefficient (Wildman–Crippen LogP) is 4.68. The molecule has 2 aromatic carbocycles. The molecule has 3 aromatic rings. The van der Waals surface area contributed by atoms with Crippen molar-refractivity contribution < 1.29 is 32.0 Å². The zero-order valence-corrected chi connectivity index (χ0v) is 15.8. The molecule has 156 valence electrons. The van der Waals surface area contributed by atoms with E-state index in [0.29, 0.717) is 35.2 Å². The molecule has 1 fully saturated rings. The molecule has 6 nitrogen and oxygen atoms in total. The summed E-state index contributed by atoms with van der Waals surface area (Å²) >= 11 is 0. The summed E-state index contributed by atoms with van der Waals surface area (Å²) < 4.78 is 54.4. The van der Waals surface area contributed by atoms with E-state index >= 15 is 0 Å². The number of nitrogens with zero attached hydrogens (tertiary/aromatic N) is 2. The molecule has 1 saturated carbocycles. The predicted molar refractivity (Wildman–Crippen MR) is 97.7 cm³/mol. The maximum absolute atomic E-state index is 12.9. The molecule has 2 atom stereocenters. The lowest BCUT2D eigenvalue weighted by molar-refractivity contribution is -0.137. The monoisotopic (exact) mass is 418 g/mol. The number of aryl methyl sites for hydroxylation is 1. The van der Waals surface area contributed by atoms with Crippen LogP contribution in [0.5, 0.6) is 11.5 Å². The molecule has 2 unspecified atom stereocenters. The van der Waals surface area contributed by atoms with E-state index in [1.54, 1.807) is 37.3 Å². The molecule has 1 aromatic heterocycles. The van der Waals surface area contributed by atoms with E-state index in [4.69, 9.17) is 14.0 Å². The Kier molecular flexibility index (Phi) is 5.19. The van der Waals surface area contributed by atoms with Gasteiger partial charge in [0.25, 0.3) is 5.89 Å². The summed E-state index contributed by atoms with van der Waals surface area (Å²) in [6.45, 7) is 1.81. The van der Waals surface area contributed by atoms with Gasteiger partial charge < -0.3 is 14.0 Å². The molecule has 0 radical (unpaired) electrons. The zero-order valence-electron chi connectivity index (χ0n) is 15.8. The Hall–Kier alpha value is -3.36. The van der Waals surface area contributed by atoms with E-state index in [0.717, 1.165) is 12.1 Å². The summed E-state index contributed by atoms with van der Waals surface area (Å²) in [4.78, 5) is 16.4. The lowest BCUT2D eigenvalue weighted by Gasteiger charge is -2.09. The van der Waals surface area contributed by atoms with Crippen molar-refractivity contribution in [2.24, 2.45) is 5.92 Å². The fraction of sp³-hybridized carbons (Fsp3) is 0.286. The van der Waals surface area contributed by atoms with Crippen LogP contribution in [0.4, 0.5) is 13.2 Å². The van der Waals surface area contributed by atoms with Gasteiger partial charge >= 0.3 is 12.1 Å². The molecule has 0 N–H and O–H groups in total. The van der Waals surface area contributed by atoms with E-state index in [2.05, 4.69) is 10.1 Å². The molecular weight excluding hydrogens is 401 g/mol. The highest BCUT2D eigenvalue weighted by Crippen LogP contribution is 2.49. The van der Waals surface area contributed by atoms with E-state index in [1.807, 2.05) is 0 Å². The quantitative estimate of drug-likeness (QED) is 0.427. The fourth-order valence-electron chi connectivity index (χ4n) is 3.11. The third kappa shape index (κ3) is 4.61. The van der Waals surface area contributed by atoms with Crippen molar-refractivity contribution in [3.05, 3.63) is 71.4 Å². The molecule has 1 aliphatic rings. The van der Waals surface area contributed by atoms with Crippen molar-refractivity contribution in [2.75, 3.05) is 0 Å². The topological polar surface area (TPSA) is 74.5 Å². The minimum Gasteiger partial charge on any atom is -0.484 e. The van der Waals surface area contributed by atoms with Crippen LogP contribution in [0.1, 0.15) is 35.2 Å². The van der Waals surface area contributed by atoms with Crippen LogP contribution in [-0.2, 0) is 17.6 Å². The summed E-state index contributed by atoms with van der Waals surface area (Å²) in [5, 5.41) is 3.66. The molecule has 1 aliphatic carbocycles. The molecular formula is C21H17F3N2O4. The fourth-order valence-corrected chi connectivity index (χ4v) is 3.11. The van der Waals surface area contributed by atoms with E-state index in [-0.39, 0.29) is 12.5 Å². The number of benzene rings is 2. The van der Waals surface area contributed by atoms with Gasteiger partial charge in [-0.1, -0.05) is 23.4 Å². The van der Waals surface area contributed by atoms with Gasteiger partial charge in [0.15, 0.2) is 12.4 Å². The Labute approximate surface area is 169 Å². The zero-order chi connectivity index (χ0) is 21.3. The van der Waals surface area contributed by atoms with Crippen LogP contribution < -0.4 is 9.47 Å². The molecule has 4 rings (SSSR count). The lowest BCUT2D eigenvalue weighted by Crippen LogP contribution is -2.11. The third-order valence-corrected chi connectivity index (χ3v) is 4.71. The number of rotatable bonds is 6. The van der Waals surface area contributed by atoms with Gasteiger partial charge in [0, 0.05) is 0 Å². The molecule has 30 heavy (non-hydrogen) atoms. The minimum absolute atomic E-state index is 0.112. The highest BCUT2D eigenvalue weighted by Gasteiger charge is 2.46. The lowest BCUT2D eigenvalue weighted by atomic mass is 10.1. The van der Waals surface area contributed by atoms with Crippen molar-refractivity contribution >= 4 is 5.97 Å². The second-order valence-electron chi connectivity index (χ2n) is 6.99. The van der Waals surface area contributed by atoms with Gasteiger partial charge in [0.05, 0.1) is 11.5 Å². The highest BCUT2D eigenvalue weighted by atomic mass is 19.4. The van der Waals surface area contributed by atoms with E-state index in [1.165, 1.54) is 6.07 Å². The minimum atomic E-state index is -4.41. The largest absolute Gasteiger partial charge is 0.484 e. The number of ether oxygens (including phenoxy) is 2. The number of hydrogen-bond donors (Lipinski definition) is 0. The van der Waals surface area contributed by atoms with E-state index < -0.39 is 23.6 Å². The average molecular weight is 418 g/mol. The first-order chi connectivity index (χ1) is 14.3. The molecule has 1 heterocycles. The Bertz CT molecular complexity index is 1050. The van der Waals surface area contributed by atoms with Crippen molar-refractivity contribution in [3.8, 4) is 11.5 Å². The summed E-state index contributed by atoms with van der Waals surface area (Å²) in [5.41, 5.74) is -0.225. The number of aromatic nitrogens is 2. The van der Waals surface area contributed by atoms with Gasteiger partial charge in [0.1, 0.15) is 11.5 Å². The first-order valence-electron chi connectivity index (χ1n) is 9.20. The standard InChI is InChI=1S/C21H17F3N2O4/c1-12-25-19(30-26-12)11-28-15-5-7-16(8-6-15)29-20(27)18-10-17(18)13-3-2-4-14(9-13)21(22,23)24/h2-9,17-18H,10-11H2,1H3. The van der Waals surface area contributed by atoms with Gasteiger partial charge in [-0.05, 0) is 55.2 Å². The Balaban J connectivity index is 1.31. The van der Waals surface area contributed by atoms with Crippen LogP contribution >= 0.6 is 0 Å². The number of alkyl halides is 3. The SMILES string of the molecule is Cc1noc(COc2ccc(OC(=O)C3CC3c3cccc(C(F)(F)F)c3)cc2)n1. The highest BCUT2D eigenvalue weighted by molar-refractivity contribution is 5.79.